The van der Waals surface area contributed by atoms with Crippen LogP contribution in [0.2, 0.25) is 0 Å². The molecule has 0 fully saturated rings. The van der Waals surface area contributed by atoms with E-state index in [1.165, 1.54) is 31.5 Å². The van der Waals surface area contributed by atoms with Crippen LogP contribution in [0.3, 0.4) is 0 Å². The van der Waals surface area contributed by atoms with Crippen molar-refractivity contribution >= 4 is 0 Å². The molecule has 18 heavy (non-hydrogen) atoms. The van der Waals surface area contributed by atoms with Gasteiger partial charge >= 0.3 is 0 Å². The number of pyridine rings is 1. The first kappa shape index (κ1) is 12.0. The van der Waals surface area contributed by atoms with Crippen molar-refractivity contribution in [2.45, 2.75) is 0 Å². The van der Waals surface area contributed by atoms with Crippen molar-refractivity contribution in [1.82, 2.24) is 4.98 Å². The first-order chi connectivity index (χ1) is 8.67. The minimum absolute atomic E-state index is 0.0619. The van der Waals surface area contributed by atoms with Crippen molar-refractivity contribution in [3.8, 4) is 23.1 Å². The lowest BCUT2D eigenvalue weighted by atomic mass is 10.1. The number of nitrogens with zero attached hydrogens (tertiary/aromatic N) is 2. The zero-order valence-electron chi connectivity index (χ0n) is 9.45. The first-order valence-corrected chi connectivity index (χ1v) is 5.06. The van der Waals surface area contributed by atoms with E-state index in [0.29, 0.717) is 5.75 Å². The normalized spacial score (nSPS) is 9.89. The molecule has 90 valence electrons. The largest absolute Gasteiger partial charge is 0.497 e. The standard InChI is InChI=1S/C13H8F2N2O/c1-18-8-4-5-17-12(6-8)9-2-3-11(14)10(7-16)13(9)15/h2-6H,1H3. The molecule has 0 aliphatic carbocycles. The van der Waals surface area contributed by atoms with Crippen LogP contribution < -0.4 is 4.74 Å². The molecule has 0 N–H and O–H groups in total. The molecule has 0 saturated carbocycles. The van der Waals surface area contributed by atoms with Gasteiger partial charge in [0.25, 0.3) is 0 Å². The van der Waals surface area contributed by atoms with E-state index in [0.717, 1.165) is 6.07 Å². The lowest BCUT2D eigenvalue weighted by Gasteiger charge is -2.06. The van der Waals surface area contributed by atoms with Crippen molar-refractivity contribution < 1.29 is 13.5 Å². The Labute approximate surface area is 102 Å². The van der Waals surface area contributed by atoms with Crippen LogP contribution in [0.1, 0.15) is 5.56 Å². The number of benzene rings is 1. The number of hydrogen-bond donors (Lipinski definition) is 0. The van der Waals surface area contributed by atoms with Crippen molar-refractivity contribution in [1.29, 1.82) is 5.26 Å². The monoisotopic (exact) mass is 246 g/mol. The van der Waals surface area contributed by atoms with Crippen LogP contribution in [0.5, 0.6) is 5.75 Å². The summed E-state index contributed by atoms with van der Waals surface area (Å²) in [5.74, 6) is -1.30. The maximum Gasteiger partial charge on any atom is 0.153 e. The first-order valence-electron chi connectivity index (χ1n) is 5.06. The van der Waals surface area contributed by atoms with E-state index in [1.54, 1.807) is 6.07 Å². The maximum atomic E-state index is 13.9. The SMILES string of the molecule is COc1ccnc(-c2ccc(F)c(C#N)c2F)c1. The predicted molar refractivity (Wildman–Crippen MR) is 60.9 cm³/mol. The summed E-state index contributed by atoms with van der Waals surface area (Å²) in [6, 6.07) is 6.90. The van der Waals surface area contributed by atoms with E-state index in [2.05, 4.69) is 4.98 Å². The summed E-state index contributed by atoms with van der Waals surface area (Å²) < 4.78 is 32.1. The zero-order valence-corrected chi connectivity index (χ0v) is 9.45. The van der Waals surface area contributed by atoms with Crippen LogP contribution in [-0.4, -0.2) is 12.1 Å². The molecular weight excluding hydrogens is 238 g/mol. The summed E-state index contributed by atoms with van der Waals surface area (Å²) in [7, 11) is 1.47. The highest BCUT2D eigenvalue weighted by atomic mass is 19.1. The zero-order chi connectivity index (χ0) is 13.1. The van der Waals surface area contributed by atoms with Gasteiger partial charge in [0.1, 0.15) is 23.2 Å². The molecule has 0 spiro atoms. The highest BCUT2D eigenvalue weighted by molar-refractivity contribution is 5.64. The number of aromatic nitrogens is 1. The van der Waals surface area contributed by atoms with Gasteiger partial charge in [-0.15, -0.1) is 0 Å². The minimum Gasteiger partial charge on any atom is -0.497 e. The smallest absolute Gasteiger partial charge is 0.153 e. The van der Waals surface area contributed by atoms with Gasteiger partial charge in [-0.1, -0.05) is 0 Å². The van der Waals surface area contributed by atoms with Crippen LogP contribution in [-0.2, 0) is 0 Å². The highest BCUT2D eigenvalue weighted by Crippen LogP contribution is 2.26. The Balaban J connectivity index is 2.61. The van der Waals surface area contributed by atoms with Gasteiger partial charge in [-0.25, -0.2) is 8.78 Å². The van der Waals surface area contributed by atoms with Gasteiger partial charge in [-0.05, 0) is 18.2 Å². The van der Waals surface area contributed by atoms with E-state index in [9.17, 15) is 8.78 Å². The number of methoxy groups -OCH3 is 1. The maximum absolute atomic E-state index is 13.9. The summed E-state index contributed by atoms with van der Waals surface area (Å²) >= 11 is 0. The Morgan fingerprint density at radius 3 is 2.72 bits per heavy atom. The molecule has 0 aliphatic heterocycles. The van der Waals surface area contributed by atoms with Gasteiger partial charge in [-0.3, -0.25) is 4.98 Å². The molecule has 3 nitrogen and oxygen atoms in total. The Morgan fingerprint density at radius 2 is 2.06 bits per heavy atom. The van der Waals surface area contributed by atoms with Gasteiger partial charge in [-0.2, -0.15) is 5.26 Å². The fourth-order valence-electron chi connectivity index (χ4n) is 1.54. The molecule has 0 bridgehead atoms. The molecule has 1 aromatic carbocycles. The summed E-state index contributed by atoms with van der Waals surface area (Å²) in [5.41, 5.74) is -0.271. The van der Waals surface area contributed by atoms with Gasteiger partial charge < -0.3 is 4.74 Å². The Hall–Kier alpha value is -2.48. The van der Waals surface area contributed by atoms with E-state index in [4.69, 9.17) is 10.00 Å². The Morgan fingerprint density at radius 1 is 1.28 bits per heavy atom. The Kier molecular flexibility index (Phi) is 3.20. The molecule has 0 radical (unpaired) electrons. The fourth-order valence-corrected chi connectivity index (χ4v) is 1.54. The predicted octanol–water partition coefficient (Wildman–Crippen LogP) is 2.91. The Bertz CT molecular complexity index is 635. The number of nitriles is 1. The molecule has 1 aromatic heterocycles. The molecule has 0 unspecified atom stereocenters. The summed E-state index contributed by atoms with van der Waals surface area (Å²) in [6.07, 6.45) is 1.45. The number of rotatable bonds is 2. The average molecular weight is 246 g/mol. The second-order valence-corrected chi connectivity index (χ2v) is 3.48. The fraction of sp³-hybridized carbons (Fsp3) is 0.0769. The van der Waals surface area contributed by atoms with E-state index in [-0.39, 0.29) is 11.3 Å². The third kappa shape index (κ3) is 2.00. The average Bonchev–Trinajstić information content (AvgIpc) is 2.39. The molecule has 5 heteroatoms. The van der Waals surface area contributed by atoms with Crippen LogP contribution in [0.4, 0.5) is 8.78 Å². The lowest BCUT2D eigenvalue weighted by Crippen LogP contribution is -1.95. The molecule has 1 heterocycles. The second kappa shape index (κ2) is 4.80. The lowest BCUT2D eigenvalue weighted by molar-refractivity contribution is 0.414. The summed E-state index contributed by atoms with van der Waals surface area (Å²) in [6.45, 7) is 0. The van der Waals surface area contributed by atoms with Gasteiger partial charge in [0, 0.05) is 17.8 Å². The summed E-state index contributed by atoms with van der Waals surface area (Å²) in [5, 5.41) is 8.70. The molecule has 0 atom stereocenters. The van der Waals surface area contributed by atoms with E-state index < -0.39 is 17.2 Å². The molecule has 2 aromatic rings. The van der Waals surface area contributed by atoms with Gasteiger partial charge in [0.05, 0.1) is 12.8 Å². The topological polar surface area (TPSA) is 45.9 Å². The van der Waals surface area contributed by atoms with Crippen molar-refractivity contribution in [2.75, 3.05) is 7.11 Å². The molecule has 0 aliphatic rings. The second-order valence-electron chi connectivity index (χ2n) is 3.48. The van der Waals surface area contributed by atoms with Crippen LogP contribution in [0, 0.1) is 23.0 Å². The van der Waals surface area contributed by atoms with Crippen molar-refractivity contribution in [3.63, 3.8) is 0 Å². The molecule has 0 amide bonds. The van der Waals surface area contributed by atoms with Crippen LogP contribution >= 0.6 is 0 Å². The van der Waals surface area contributed by atoms with Crippen molar-refractivity contribution in [3.05, 3.63) is 47.7 Å². The number of halogens is 2. The highest BCUT2D eigenvalue weighted by Gasteiger charge is 2.15. The molecule has 0 saturated heterocycles. The number of ether oxygens (including phenoxy) is 1. The van der Waals surface area contributed by atoms with E-state index >= 15 is 0 Å². The van der Waals surface area contributed by atoms with Crippen LogP contribution in [0.15, 0.2) is 30.5 Å². The van der Waals surface area contributed by atoms with Gasteiger partial charge in [0.2, 0.25) is 0 Å². The van der Waals surface area contributed by atoms with E-state index in [1.807, 2.05) is 0 Å². The van der Waals surface area contributed by atoms with Gasteiger partial charge in [0.15, 0.2) is 5.82 Å². The third-order valence-electron chi connectivity index (χ3n) is 2.45. The quantitative estimate of drug-likeness (QED) is 0.818. The summed E-state index contributed by atoms with van der Waals surface area (Å²) in [4.78, 5) is 3.97. The third-order valence-corrected chi connectivity index (χ3v) is 2.45. The number of hydrogen-bond acceptors (Lipinski definition) is 3. The van der Waals surface area contributed by atoms with Crippen LogP contribution in [0.25, 0.3) is 11.3 Å². The molecular formula is C13H8F2N2O. The molecule has 2 rings (SSSR count). The van der Waals surface area contributed by atoms with Crippen molar-refractivity contribution in [2.24, 2.45) is 0 Å². The minimum atomic E-state index is -0.918.